The van der Waals surface area contributed by atoms with Gasteiger partial charge in [0.2, 0.25) is 5.75 Å². The van der Waals surface area contributed by atoms with Crippen molar-refractivity contribution in [2.75, 3.05) is 26.6 Å². The Morgan fingerprint density at radius 3 is 2.33 bits per heavy atom. The van der Waals surface area contributed by atoms with Crippen LogP contribution < -0.4 is 19.5 Å². The van der Waals surface area contributed by atoms with Gasteiger partial charge in [-0.05, 0) is 23.8 Å². The molecule has 3 rings (SSSR count). The minimum Gasteiger partial charge on any atom is -0.493 e. The molecule has 0 atom stereocenters. The van der Waals surface area contributed by atoms with Gasteiger partial charge in [-0.1, -0.05) is 0 Å². The van der Waals surface area contributed by atoms with Gasteiger partial charge in [0.05, 0.1) is 43.5 Å². The number of nitro benzene ring substituents is 1. The number of hydrogen-bond donors (Lipinski definition) is 1. The van der Waals surface area contributed by atoms with Crippen LogP contribution in [-0.4, -0.2) is 36.2 Å². The Hall–Kier alpha value is -3.62. The Kier molecular flexibility index (Phi) is 5.20. The highest BCUT2D eigenvalue weighted by Gasteiger charge is 2.13. The Bertz CT molecular complexity index is 968. The number of ether oxygens (including phenoxy) is 3. The van der Waals surface area contributed by atoms with E-state index in [1.165, 1.54) is 18.3 Å². The quantitative estimate of drug-likeness (QED) is 0.499. The van der Waals surface area contributed by atoms with Crippen molar-refractivity contribution in [3.8, 4) is 17.2 Å². The molecule has 0 aliphatic carbocycles. The number of nitrogens with one attached hydrogen (secondary N) is 1. The highest BCUT2D eigenvalue weighted by molar-refractivity contribution is 5.78. The third kappa shape index (κ3) is 3.81. The molecule has 0 saturated heterocycles. The van der Waals surface area contributed by atoms with Gasteiger partial charge in [-0.3, -0.25) is 15.1 Å². The average Bonchev–Trinajstić information content (AvgIpc) is 2.70. The Morgan fingerprint density at radius 1 is 1.04 bits per heavy atom. The number of hydrogen-bond acceptors (Lipinski definition) is 8. The fourth-order valence-corrected chi connectivity index (χ4v) is 2.63. The highest BCUT2D eigenvalue weighted by Crippen LogP contribution is 2.38. The average molecular weight is 370 g/mol. The van der Waals surface area contributed by atoms with E-state index in [1.54, 1.807) is 27.4 Å². The van der Waals surface area contributed by atoms with E-state index in [2.05, 4.69) is 15.3 Å². The Balaban J connectivity index is 1.82. The lowest BCUT2D eigenvalue weighted by molar-refractivity contribution is -0.384. The molecule has 1 N–H and O–H groups in total. The third-order valence-corrected chi connectivity index (χ3v) is 3.93. The van der Waals surface area contributed by atoms with Crippen LogP contribution in [0.2, 0.25) is 0 Å². The molecule has 0 spiro atoms. The van der Waals surface area contributed by atoms with Crippen LogP contribution in [0.5, 0.6) is 17.2 Å². The minimum atomic E-state index is -0.461. The zero-order valence-corrected chi connectivity index (χ0v) is 15.1. The molecule has 0 amide bonds. The number of nitro groups is 1. The lowest BCUT2D eigenvalue weighted by Crippen LogP contribution is -2.04. The Labute approximate surface area is 155 Å². The molecule has 2 aromatic carbocycles. The molecule has 9 nitrogen and oxygen atoms in total. The van der Waals surface area contributed by atoms with E-state index in [9.17, 15) is 10.1 Å². The summed E-state index contributed by atoms with van der Waals surface area (Å²) in [5, 5.41) is 14.0. The largest absolute Gasteiger partial charge is 0.493 e. The van der Waals surface area contributed by atoms with E-state index in [4.69, 9.17) is 14.2 Å². The van der Waals surface area contributed by atoms with E-state index < -0.39 is 4.92 Å². The molecule has 0 fully saturated rings. The third-order valence-electron chi connectivity index (χ3n) is 3.93. The zero-order chi connectivity index (χ0) is 19.4. The van der Waals surface area contributed by atoms with Crippen LogP contribution in [0.15, 0.2) is 36.5 Å². The van der Waals surface area contributed by atoms with Crippen molar-refractivity contribution in [3.05, 3.63) is 52.2 Å². The number of rotatable bonds is 7. The fourth-order valence-electron chi connectivity index (χ4n) is 2.63. The highest BCUT2D eigenvalue weighted by atomic mass is 16.6. The molecule has 0 radical (unpaired) electrons. The predicted molar refractivity (Wildman–Crippen MR) is 99.6 cm³/mol. The number of benzene rings is 2. The van der Waals surface area contributed by atoms with Crippen molar-refractivity contribution in [1.29, 1.82) is 0 Å². The van der Waals surface area contributed by atoms with Gasteiger partial charge in [0.25, 0.3) is 5.69 Å². The first-order valence-electron chi connectivity index (χ1n) is 7.99. The molecule has 3 aromatic rings. The van der Waals surface area contributed by atoms with Gasteiger partial charge >= 0.3 is 0 Å². The summed E-state index contributed by atoms with van der Waals surface area (Å²) in [7, 11) is 4.66. The van der Waals surface area contributed by atoms with Crippen LogP contribution in [0.3, 0.4) is 0 Å². The van der Waals surface area contributed by atoms with Crippen molar-refractivity contribution in [1.82, 2.24) is 9.97 Å². The van der Waals surface area contributed by atoms with E-state index >= 15 is 0 Å². The van der Waals surface area contributed by atoms with Crippen LogP contribution in [0.1, 0.15) is 5.56 Å². The summed E-state index contributed by atoms with van der Waals surface area (Å²) in [6.45, 7) is 0.448. The molecule has 0 bridgehead atoms. The topological polar surface area (TPSA) is 109 Å². The van der Waals surface area contributed by atoms with Crippen LogP contribution in [0.4, 0.5) is 11.5 Å². The van der Waals surface area contributed by atoms with E-state index in [0.29, 0.717) is 40.6 Å². The van der Waals surface area contributed by atoms with Gasteiger partial charge < -0.3 is 19.5 Å². The number of aromatic nitrogens is 2. The monoisotopic (exact) mass is 370 g/mol. The molecule has 1 heterocycles. The molecule has 140 valence electrons. The van der Waals surface area contributed by atoms with Gasteiger partial charge in [-0.2, -0.15) is 0 Å². The van der Waals surface area contributed by atoms with E-state index in [-0.39, 0.29) is 5.69 Å². The molecule has 27 heavy (non-hydrogen) atoms. The standard InChI is InChI=1S/C18H18N4O5/c1-25-15-6-11(7-16(26-2)18(15)27-3)9-20-17-10-19-14-8-12(22(23)24)4-5-13(14)21-17/h4-8,10H,9H2,1-3H3,(H,20,21). The molecule has 0 saturated carbocycles. The number of non-ortho nitro benzene ring substituents is 1. The van der Waals surface area contributed by atoms with Crippen molar-refractivity contribution in [2.24, 2.45) is 0 Å². The van der Waals surface area contributed by atoms with Gasteiger partial charge in [0.1, 0.15) is 5.82 Å². The van der Waals surface area contributed by atoms with Gasteiger partial charge in [0, 0.05) is 18.7 Å². The normalized spacial score (nSPS) is 10.5. The maximum Gasteiger partial charge on any atom is 0.271 e. The maximum atomic E-state index is 10.8. The van der Waals surface area contributed by atoms with Crippen LogP contribution in [0.25, 0.3) is 11.0 Å². The second-order valence-electron chi connectivity index (χ2n) is 5.57. The molecular weight excluding hydrogens is 352 g/mol. The Morgan fingerprint density at radius 2 is 1.74 bits per heavy atom. The number of nitrogens with zero attached hydrogens (tertiary/aromatic N) is 3. The SMILES string of the molecule is COc1cc(CNc2cnc3cc([N+](=O)[O-])ccc3n2)cc(OC)c1OC. The number of fused-ring (bicyclic) bond motifs is 1. The summed E-state index contributed by atoms with van der Waals surface area (Å²) >= 11 is 0. The summed E-state index contributed by atoms with van der Waals surface area (Å²) in [5.74, 6) is 2.19. The van der Waals surface area contributed by atoms with Crippen molar-refractivity contribution < 1.29 is 19.1 Å². The van der Waals surface area contributed by atoms with Crippen LogP contribution >= 0.6 is 0 Å². The van der Waals surface area contributed by atoms with Crippen molar-refractivity contribution >= 4 is 22.5 Å². The molecule has 9 heteroatoms. The predicted octanol–water partition coefficient (Wildman–Crippen LogP) is 3.18. The first-order valence-corrected chi connectivity index (χ1v) is 7.99. The van der Waals surface area contributed by atoms with Gasteiger partial charge in [-0.15, -0.1) is 0 Å². The molecule has 1 aromatic heterocycles. The summed E-state index contributed by atoms with van der Waals surface area (Å²) < 4.78 is 16.0. The summed E-state index contributed by atoms with van der Waals surface area (Å²) in [4.78, 5) is 19.0. The van der Waals surface area contributed by atoms with E-state index in [0.717, 1.165) is 5.56 Å². The maximum absolute atomic E-state index is 10.8. The molecule has 0 unspecified atom stereocenters. The summed E-state index contributed by atoms with van der Waals surface area (Å²) in [6, 6.07) is 8.05. The lowest BCUT2D eigenvalue weighted by atomic mass is 10.1. The molecular formula is C18H18N4O5. The summed E-state index contributed by atoms with van der Waals surface area (Å²) in [5.41, 5.74) is 1.91. The van der Waals surface area contributed by atoms with Crippen molar-refractivity contribution in [2.45, 2.75) is 6.54 Å². The lowest BCUT2D eigenvalue weighted by Gasteiger charge is -2.14. The minimum absolute atomic E-state index is 0.0186. The number of anilines is 1. The van der Waals surface area contributed by atoms with Gasteiger partial charge in [0.15, 0.2) is 11.5 Å². The first-order chi connectivity index (χ1) is 13.0. The second-order valence-corrected chi connectivity index (χ2v) is 5.57. The number of methoxy groups -OCH3 is 3. The summed E-state index contributed by atoms with van der Waals surface area (Å²) in [6.07, 6.45) is 1.53. The zero-order valence-electron chi connectivity index (χ0n) is 15.1. The van der Waals surface area contributed by atoms with Gasteiger partial charge in [-0.25, -0.2) is 4.98 Å². The second kappa shape index (κ2) is 7.73. The van der Waals surface area contributed by atoms with E-state index in [1.807, 2.05) is 12.1 Å². The fraction of sp³-hybridized carbons (Fsp3) is 0.222. The molecule has 0 aliphatic rings. The van der Waals surface area contributed by atoms with Crippen LogP contribution in [-0.2, 0) is 6.54 Å². The first kappa shape index (κ1) is 18.2. The van der Waals surface area contributed by atoms with Crippen molar-refractivity contribution in [3.63, 3.8) is 0 Å². The smallest absolute Gasteiger partial charge is 0.271 e. The molecule has 0 aliphatic heterocycles. The van der Waals surface area contributed by atoms with Crippen LogP contribution in [0, 0.1) is 10.1 Å².